The zero-order valence-electron chi connectivity index (χ0n) is 18.6. The molecule has 4 rings (SSSR count). The van der Waals surface area contributed by atoms with Crippen molar-refractivity contribution in [3.8, 4) is 23.0 Å². The Bertz CT molecular complexity index is 993. The molecule has 0 aromatic heterocycles. The summed E-state index contributed by atoms with van der Waals surface area (Å²) in [7, 11) is 4.86. The van der Waals surface area contributed by atoms with Gasteiger partial charge in [-0.3, -0.25) is 4.79 Å². The first-order valence-electron chi connectivity index (χ1n) is 10.8. The first-order chi connectivity index (χ1) is 15.0. The molecule has 3 unspecified atom stereocenters. The number of carbonyl (C=O) groups is 1. The summed E-state index contributed by atoms with van der Waals surface area (Å²) in [5.41, 5.74) is 2.55. The first-order valence-corrected chi connectivity index (χ1v) is 10.8. The lowest BCUT2D eigenvalue weighted by molar-refractivity contribution is -0.112. The van der Waals surface area contributed by atoms with Gasteiger partial charge in [0.2, 0.25) is 0 Å². The van der Waals surface area contributed by atoms with Gasteiger partial charge in [-0.25, -0.2) is 0 Å². The van der Waals surface area contributed by atoms with Gasteiger partial charge in [0.15, 0.2) is 28.8 Å². The van der Waals surface area contributed by atoms with Crippen LogP contribution >= 0.6 is 0 Å². The van der Waals surface area contributed by atoms with Crippen LogP contribution in [0.15, 0.2) is 42.5 Å². The molecule has 0 aliphatic heterocycles. The highest BCUT2D eigenvalue weighted by molar-refractivity contribution is 5.99. The summed E-state index contributed by atoms with van der Waals surface area (Å²) in [5, 5.41) is 0. The van der Waals surface area contributed by atoms with Gasteiger partial charge in [0.05, 0.1) is 21.3 Å². The molecule has 0 amide bonds. The van der Waals surface area contributed by atoms with Gasteiger partial charge in [-0.2, -0.15) is 0 Å². The van der Waals surface area contributed by atoms with Gasteiger partial charge in [0, 0.05) is 0 Å². The summed E-state index contributed by atoms with van der Waals surface area (Å²) in [6.07, 6.45) is 6.84. The highest BCUT2D eigenvalue weighted by atomic mass is 16.5. The number of carbonyl (C=O) groups excluding carboxylic acids is 1. The molecule has 2 aromatic rings. The van der Waals surface area contributed by atoms with E-state index < -0.39 is 0 Å². The molecule has 5 heteroatoms. The van der Waals surface area contributed by atoms with Crippen molar-refractivity contribution in [3.05, 3.63) is 53.6 Å². The third-order valence-electron chi connectivity index (χ3n) is 6.47. The molecule has 0 N–H and O–H groups in total. The molecule has 0 heterocycles. The molecule has 5 nitrogen and oxygen atoms in total. The fourth-order valence-corrected chi connectivity index (χ4v) is 4.97. The summed E-state index contributed by atoms with van der Waals surface area (Å²) < 4.78 is 22.9. The second-order valence-electron chi connectivity index (χ2n) is 8.44. The molecule has 2 fully saturated rings. The standard InChI is InChI=1S/C26H30O5/c1-16(27)11-21(18-7-9-22(28-2)25(14-18)30-4)19-8-10-23(29-3)26(15-19)31-24-13-17-5-6-20(24)12-17/h7-11,14-15,17,20,24H,5-6,12-13H2,1-4H3/b21-11+. The lowest BCUT2D eigenvalue weighted by Gasteiger charge is -2.24. The second-order valence-corrected chi connectivity index (χ2v) is 8.44. The van der Waals surface area contributed by atoms with E-state index in [2.05, 4.69) is 0 Å². The summed E-state index contributed by atoms with van der Waals surface area (Å²) in [6.45, 7) is 1.55. The van der Waals surface area contributed by atoms with Crippen LogP contribution in [0.1, 0.15) is 43.7 Å². The van der Waals surface area contributed by atoms with Crippen LogP contribution in [-0.4, -0.2) is 33.2 Å². The van der Waals surface area contributed by atoms with Crippen LogP contribution in [0.2, 0.25) is 0 Å². The minimum atomic E-state index is -0.0313. The quantitative estimate of drug-likeness (QED) is 0.540. The number of rotatable bonds is 8. The van der Waals surface area contributed by atoms with E-state index in [-0.39, 0.29) is 11.9 Å². The Kier molecular flexibility index (Phi) is 6.21. The third kappa shape index (κ3) is 4.41. The second kappa shape index (κ2) is 9.04. The highest BCUT2D eigenvalue weighted by Gasteiger charge is 2.41. The van der Waals surface area contributed by atoms with Crippen LogP contribution in [0.3, 0.4) is 0 Å². The molecule has 3 atom stereocenters. The molecular formula is C26H30O5. The Balaban J connectivity index is 1.71. The number of ether oxygens (including phenoxy) is 4. The number of methoxy groups -OCH3 is 3. The number of benzene rings is 2. The van der Waals surface area contributed by atoms with E-state index >= 15 is 0 Å². The van der Waals surface area contributed by atoms with Crippen LogP contribution in [-0.2, 0) is 4.79 Å². The van der Waals surface area contributed by atoms with Gasteiger partial charge in [-0.1, -0.05) is 12.1 Å². The third-order valence-corrected chi connectivity index (χ3v) is 6.47. The summed E-state index contributed by atoms with van der Waals surface area (Å²) in [4.78, 5) is 12.1. The molecule has 2 aromatic carbocycles. The molecule has 2 aliphatic carbocycles. The minimum Gasteiger partial charge on any atom is -0.493 e. The van der Waals surface area contributed by atoms with E-state index in [9.17, 15) is 4.79 Å². The van der Waals surface area contributed by atoms with Crippen LogP contribution in [0.4, 0.5) is 0 Å². The molecular weight excluding hydrogens is 392 g/mol. The maximum Gasteiger partial charge on any atom is 0.162 e. The van der Waals surface area contributed by atoms with Crippen molar-refractivity contribution in [3.63, 3.8) is 0 Å². The van der Waals surface area contributed by atoms with Crippen LogP contribution < -0.4 is 18.9 Å². The van der Waals surface area contributed by atoms with Gasteiger partial charge >= 0.3 is 0 Å². The predicted molar refractivity (Wildman–Crippen MR) is 120 cm³/mol. The number of ketones is 1. The molecule has 31 heavy (non-hydrogen) atoms. The Morgan fingerprint density at radius 3 is 1.97 bits per heavy atom. The van der Waals surface area contributed by atoms with Crippen molar-refractivity contribution in [2.45, 2.75) is 38.7 Å². The minimum absolute atomic E-state index is 0.0313. The van der Waals surface area contributed by atoms with Crippen LogP contribution in [0.5, 0.6) is 23.0 Å². The molecule has 0 spiro atoms. The molecule has 2 bridgehead atoms. The fourth-order valence-electron chi connectivity index (χ4n) is 4.97. The van der Waals surface area contributed by atoms with Gasteiger partial charge in [0.25, 0.3) is 0 Å². The monoisotopic (exact) mass is 422 g/mol. The first kappa shape index (κ1) is 21.3. The fraction of sp³-hybridized carbons (Fsp3) is 0.423. The van der Waals surface area contributed by atoms with E-state index in [1.807, 2.05) is 36.4 Å². The molecule has 164 valence electrons. The SMILES string of the molecule is COc1ccc(/C(=C\C(C)=O)c2ccc(OC)c(OC3CC4CCC3C4)c2)cc1OC. The largest absolute Gasteiger partial charge is 0.493 e. The molecule has 0 saturated heterocycles. The number of fused-ring (bicyclic) bond motifs is 2. The average Bonchev–Trinajstić information content (AvgIpc) is 3.40. The maximum atomic E-state index is 12.1. The Labute approximate surface area is 184 Å². The smallest absolute Gasteiger partial charge is 0.162 e. The number of hydrogen-bond donors (Lipinski definition) is 0. The van der Waals surface area contributed by atoms with E-state index in [1.165, 1.54) is 19.3 Å². The molecule has 2 aliphatic rings. The lowest BCUT2D eigenvalue weighted by Crippen LogP contribution is -2.23. The van der Waals surface area contributed by atoms with Crippen LogP contribution in [0.25, 0.3) is 5.57 Å². The van der Waals surface area contributed by atoms with Crippen molar-refractivity contribution >= 4 is 11.4 Å². The van der Waals surface area contributed by atoms with E-state index in [4.69, 9.17) is 18.9 Å². The zero-order chi connectivity index (χ0) is 22.0. The van der Waals surface area contributed by atoms with E-state index in [0.29, 0.717) is 23.2 Å². The number of allylic oxidation sites excluding steroid dienone is 1. The average molecular weight is 423 g/mol. The van der Waals surface area contributed by atoms with Crippen molar-refractivity contribution in [2.24, 2.45) is 11.8 Å². The summed E-state index contributed by atoms with van der Waals surface area (Å²) >= 11 is 0. The van der Waals surface area contributed by atoms with Crippen molar-refractivity contribution in [2.75, 3.05) is 21.3 Å². The molecule has 2 saturated carbocycles. The lowest BCUT2D eigenvalue weighted by atomic mass is 9.95. The Hall–Kier alpha value is -2.95. The normalized spacial score (nSPS) is 22.3. The summed E-state index contributed by atoms with van der Waals surface area (Å²) in [5.74, 6) is 4.09. The van der Waals surface area contributed by atoms with Crippen LogP contribution in [0, 0.1) is 11.8 Å². The maximum absolute atomic E-state index is 12.1. The van der Waals surface area contributed by atoms with E-state index in [1.54, 1.807) is 34.3 Å². The zero-order valence-corrected chi connectivity index (χ0v) is 18.6. The Morgan fingerprint density at radius 1 is 0.839 bits per heavy atom. The highest BCUT2D eigenvalue weighted by Crippen LogP contribution is 2.47. The van der Waals surface area contributed by atoms with Gasteiger partial charge in [-0.15, -0.1) is 0 Å². The van der Waals surface area contributed by atoms with Gasteiger partial charge in [-0.05, 0) is 91.5 Å². The van der Waals surface area contributed by atoms with Gasteiger partial charge in [0.1, 0.15) is 6.10 Å². The Morgan fingerprint density at radius 2 is 1.45 bits per heavy atom. The van der Waals surface area contributed by atoms with Crippen molar-refractivity contribution in [1.29, 1.82) is 0 Å². The van der Waals surface area contributed by atoms with Crippen molar-refractivity contribution < 1.29 is 23.7 Å². The predicted octanol–water partition coefficient (Wildman–Crippen LogP) is 5.30. The van der Waals surface area contributed by atoms with Crippen molar-refractivity contribution in [1.82, 2.24) is 0 Å². The van der Waals surface area contributed by atoms with E-state index in [0.717, 1.165) is 34.8 Å². The molecule has 0 radical (unpaired) electrons. The van der Waals surface area contributed by atoms with Gasteiger partial charge < -0.3 is 18.9 Å². The number of hydrogen-bond acceptors (Lipinski definition) is 5. The summed E-state index contributed by atoms with van der Waals surface area (Å²) in [6, 6.07) is 11.5. The topological polar surface area (TPSA) is 54.0 Å².